The SMILES string of the molecule is COc1ccc(N(C(C)C(=O)NCCSc2ccccc2)S(C)(=O)=O)cc1OC. The molecule has 0 spiro atoms. The van der Waals surface area contributed by atoms with Crippen LogP contribution < -0.4 is 19.1 Å². The molecule has 2 rings (SSSR count). The van der Waals surface area contributed by atoms with Crippen LogP contribution in [0.15, 0.2) is 53.4 Å². The first-order valence-electron chi connectivity index (χ1n) is 8.95. The van der Waals surface area contributed by atoms with Crippen LogP contribution in [0.4, 0.5) is 5.69 Å². The van der Waals surface area contributed by atoms with Crippen LogP contribution in [0.3, 0.4) is 0 Å². The van der Waals surface area contributed by atoms with Gasteiger partial charge in [0.25, 0.3) is 0 Å². The molecule has 29 heavy (non-hydrogen) atoms. The van der Waals surface area contributed by atoms with Crippen molar-refractivity contribution in [3.8, 4) is 11.5 Å². The van der Waals surface area contributed by atoms with E-state index in [0.29, 0.717) is 29.5 Å². The van der Waals surface area contributed by atoms with Crippen molar-refractivity contribution in [2.45, 2.75) is 17.9 Å². The molecule has 0 aliphatic carbocycles. The zero-order valence-corrected chi connectivity index (χ0v) is 18.5. The van der Waals surface area contributed by atoms with Gasteiger partial charge < -0.3 is 14.8 Å². The lowest BCUT2D eigenvalue weighted by Crippen LogP contribution is -2.48. The summed E-state index contributed by atoms with van der Waals surface area (Å²) in [6.45, 7) is 1.98. The fourth-order valence-corrected chi connectivity index (χ4v) is 4.73. The van der Waals surface area contributed by atoms with E-state index in [1.165, 1.54) is 20.3 Å². The van der Waals surface area contributed by atoms with Gasteiger partial charge in [-0.05, 0) is 31.2 Å². The Bertz CT molecular complexity index is 920. The Morgan fingerprint density at radius 2 is 1.76 bits per heavy atom. The Morgan fingerprint density at radius 3 is 2.34 bits per heavy atom. The second-order valence-corrected chi connectivity index (χ2v) is 9.25. The van der Waals surface area contributed by atoms with E-state index in [0.717, 1.165) is 15.5 Å². The Hall–Kier alpha value is -2.39. The number of nitrogens with one attached hydrogen (secondary N) is 1. The van der Waals surface area contributed by atoms with Crippen molar-refractivity contribution in [3.05, 3.63) is 48.5 Å². The van der Waals surface area contributed by atoms with Gasteiger partial charge in [0.05, 0.1) is 26.2 Å². The van der Waals surface area contributed by atoms with Gasteiger partial charge in [-0.15, -0.1) is 11.8 Å². The average Bonchev–Trinajstić information content (AvgIpc) is 2.70. The number of nitrogens with zero attached hydrogens (tertiary/aromatic N) is 1. The van der Waals surface area contributed by atoms with Crippen molar-refractivity contribution >= 4 is 33.4 Å². The quantitative estimate of drug-likeness (QED) is 0.454. The highest BCUT2D eigenvalue weighted by Gasteiger charge is 2.29. The summed E-state index contributed by atoms with van der Waals surface area (Å²) in [5, 5.41) is 2.80. The molecule has 0 heterocycles. The lowest BCUT2D eigenvalue weighted by Gasteiger charge is -2.28. The van der Waals surface area contributed by atoms with Crippen molar-refractivity contribution < 1.29 is 22.7 Å². The number of ether oxygens (including phenoxy) is 2. The number of carbonyl (C=O) groups is 1. The molecule has 0 fully saturated rings. The highest BCUT2D eigenvalue weighted by atomic mass is 32.2. The van der Waals surface area contributed by atoms with E-state index in [4.69, 9.17) is 9.47 Å². The maximum absolute atomic E-state index is 12.6. The summed E-state index contributed by atoms with van der Waals surface area (Å²) in [6.07, 6.45) is 1.07. The fourth-order valence-electron chi connectivity index (χ4n) is 2.78. The van der Waals surface area contributed by atoms with E-state index in [1.807, 2.05) is 30.3 Å². The van der Waals surface area contributed by atoms with Crippen LogP contribution >= 0.6 is 11.8 Å². The topological polar surface area (TPSA) is 84.9 Å². The molecule has 0 bridgehead atoms. The third kappa shape index (κ3) is 6.30. The normalized spacial score (nSPS) is 12.1. The number of anilines is 1. The van der Waals surface area contributed by atoms with E-state index >= 15 is 0 Å². The lowest BCUT2D eigenvalue weighted by molar-refractivity contribution is -0.121. The van der Waals surface area contributed by atoms with E-state index in [1.54, 1.807) is 30.8 Å². The van der Waals surface area contributed by atoms with Crippen molar-refractivity contribution in [1.29, 1.82) is 0 Å². The molecule has 0 saturated carbocycles. The van der Waals surface area contributed by atoms with E-state index < -0.39 is 16.1 Å². The molecule has 0 radical (unpaired) electrons. The third-order valence-corrected chi connectivity index (χ3v) is 6.38. The van der Waals surface area contributed by atoms with Crippen molar-refractivity contribution in [1.82, 2.24) is 5.32 Å². The summed E-state index contributed by atoms with van der Waals surface area (Å²) in [5.41, 5.74) is 0.325. The first-order chi connectivity index (χ1) is 13.8. The number of carbonyl (C=O) groups excluding carboxylic acids is 1. The first kappa shape index (κ1) is 22.9. The number of benzene rings is 2. The number of methoxy groups -OCH3 is 2. The van der Waals surface area contributed by atoms with Crippen LogP contribution in [0.2, 0.25) is 0 Å². The summed E-state index contributed by atoms with van der Waals surface area (Å²) in [4.78, 5) is 13.7. The third-order valence-electron chi connectivity index (χ3n) is 4.12. The van der Waals surface area contributed by atoms with Crippen LogP contribution in [-0.4, -0.2) is 53.1 Å². The van der Waals surface area contributed by atoms with Gasteiger partial charge in [0.1, 0.15) is 6.04 Å². The second-order valence-electron chi connectivity index (χ2n) is 6.23. The molecule has 7 nitrogen and oxygen atoms in total. The van der Waals surface area contributed by atoms with Gasteiger partial charge in [-0.25, -0.2) is 8.42 Å². The van der Waals surface area contributed by atoms with Gasteiger partial charge in [0.2, 0.25) is 15.9 Å². The molecule has 1 unspecified atom stereocenters. The maximum atomic E-state index is 12.6. The fraction of sp³-hybridized carbons (Fsp3) is 0.350. The molecule has 9 heteroatoms. The zero-order chi connectivity index (χ0) is 21.4. The molecule has 2 aromatic carbocycles. The summed E-state index contributed by atoms with van der Waals surface area (Å²) < 4.78 is 36.4. The monoisotopic (exact) mass is 438 g/mol. The molecule has 0 aromatic heterocycles. The first-order valence-corrected chi connectivity index (χ1v) is 11.8. The summed E-state index contributed by atoms with van der Waals surface area (Å²) in [7, 11) is -0.749. The second kappa shape index (κ2) is 10.4. The van der Waals surface area contributed by atoms with Crippen LogP contribution in [0.25, 0.3) is 0 Å². The Morgan fingerprint density at radius 1 is 1.10 bits per heavy atom. The van der Waals surface area contributed by atoms with Gasteiger partial charge in [-0.1, -0.05) is 18.2 Å². The number of thioether (sulfide) groups is 1. The average molecular weight is 439 g/mol. The molecular formula is C20H26N2O5S2. The molecule has 1 amide bonds. The molecule has 0 saturated heterocycles. The van der Waals surface area contributed by atoms with Crippen molar-refractivity contribution in [2.75, 3.05) is 37.1 Å². The minimum Gasteiger partial charge on any atom is -0.493 e. The molecule has 0 aliphatic rings. The van der Waals surface area contributed by atoms with Gasteiger partial charge in [-0.2, -0.15) is 0 Å². The predicted molar refractivity (Wildman–Crippen MR) is 117 cm³/mol. The van der Waals surface area contributed by atoms with Crippen LogP contribution in [0.1, 0.15) is 6.92 Å². The van der Waals surface area contributed by atoms with Gasteiger partial charge >= 0.3 is 0 Å². The summed E-state index contributed by atoms with van der Waals surface area (Å²) in [6, 6.07) is 13.6. The minimum absolute atomic E-state index is 0.325. The van der Waals surface area contributed by atoms with E-state index in [9.17, 15) is 13.2 Å². The molecule has 2 aromatic rings. The number of rotatable bonds is 10. The summed E-state index contributed by atoms with van der Waals surface area (Å²) in [5.74, 6) is 1.15. The van der Waals surface area contributed by atoms with Crippen LogP contribution in [0, 0.1) is 0 Å². The van der Waals surface area contributed by atoms with Crippen LogP contribution in [-0.2, 0) is 14.8 Å². The van der Waals surface area contributed by atoms with Gasteiger partial charge in [-0.3, -0.25) is 9.10 Å². The number of hydrogen-bond donors (Lipinski definition) is 1. The Balaban J connectivity index is 2.08. The Kier molecular flexibility index (Phi) is 8.21. The van der Waals surface area contributed by atoms with E-state index in [2.05, 4.69) is 5.32 Å². The van der Waals surface area contributed by atoms with Crippen LogP contribution in [0.5, 0.6) is 11.5 Å². The van der Waals surface area contributed by atoms with E-state index in [-0.39, 0.29) is 5.91 Å². The summed E-state index contributed by atoms with van der Waals surface area (Å²) >= 11 is 1.62. The Labute approximate surface area is 176 Å². The van der Waals surface area contributed by atoms with Gasteiger partial charge in [0.15, 0.2) is 11.5 Å². The number of sulfonamides is 1. The number of hydrogen-bond acceptors (Lipinski definition) is 6. The number of amides is 1. The highest BCUT2D eigenvalue weighted by Crippen LogP contribution is 2.33. The zero-order valence-electron chi connectivity index (χ0n) is 16.9. The molecular weight excluding hydrogens is 412 g/mol. The standard InChI is InChI=1S/C20H26N2O5S2/c1-15(20(23)21-12-13-28-17-8-6-5-7-9-17)22(29(4,24)25)16-10-11-18(26-2)19(14-16)27-3/h5-11,14-15H,12-13H2,1-4H3,(H,21,23). The van der Waals surface area contributed by atoms with Crippen molar-refractivity contribution in [2.24, 2.45) is 0 Å². The van der Waals surface area contributed by atoms with Gasteiger partial charge in [0, 0.05) is 23.3 Å². The molecule has 158 valence electrons. The molecule has 1 atom stereocenters. The lowest BCUT2D eigenvalue weighted by atomic mass is 10.2. The molecule has 1 N–H and O–H groups in total. The largest absolute Gasteiger partial charge is 0.493 e. The molecule has 0 aliphatic heterocycles. The van der Waals surface area contributed by atoms with Crippen molar-refractivity contribution in [3.63, 3.8) is 0 Å². The predicted octanol–water partition coefficient (Wildman–Crippen LogP) is 2.77. The highest BCUT2D eigenvalue weighted by molar-refractivity contribution is 7.99. The maximum Gasteiger partial charge on any atom is 0.243 e. The smallest absolute Gasteiger partial charge is 0.243 e. The minimum atomic E-state index is -3.71.